The standard InChI is InChI=1S/C17H17N3O3/c21-14-12-11-7-3-4-8-20(11)17(13(12)15(22)19-14)9-5-1-2-6-10(9)18-16(17)23/h1-2,5-6,11-13H,3-4,7-8H2,(H,18,23)(H,19,21,22)/p+1/t11-,12-,13+,17+/m1/s1. The van der Waals surface area contributed by atoms with Crippen LogP contribution in [-0.4, -0.2) is 30.3 Å². The summed E-state index contributed by atoms with van der Waals surface area (Å²) in [7, 11) is 0. The summed E-state index contributed by atoms with van der Waals surface area (Å²) in [6, 6.07) is 7.65. The Hall–Kier alpha value is -2.21. The Morgan fingerprint density at radius 2 is 1.87 bits per heavy atom. The van der Waals surface area contributed by atoms with Gasteiger partial charge in [0.2, 0.25) is 17.4 Å². The van der Waals surface area contributed by atoms with Crippen molar-refractivity contribution in [3.8, 4) is 0 Å². The molecule has 5 atom stereocenters. The summed E-state index contributed by atoms with van der Waals surface area (Å²) in [6.07, 6.45) is 2.98. The Bertz CT molecular complexity index is 761. The van der Waals surface area contributed by atoms with Crippen LogP contribution in [0.2, 0.25) is 0 Å². The minimum Gasteiger partial charge on any atom is -0.320 e. The van der Waals surface area contributed by atoms with Gasteiger partial charge in [0.05, 0.1) is 12.2 Å². The molecule has 3 N–H and O–H groups in total. The largest absolute Gasteiger partial charge is 0.320 e. The third-order valence-electron chi connectivity index (χ3n) is 6.21. The molecule has 1 unspecified atom stereocenters. The molecule has 0 bridgehead atoms. The predicted octanol–water partition coefficient (Wildman–Crippen LogP) is -0.826. The number of carbonyl (C=O) groups excluding carboxylic acids is 3. The number of para-hydroxylation sites is 1. The van der Waals surface area contributed by atoms with Gasteiger partial charge in [-0.15, -0.1) is 0 Å². The van der Waals surface area contributed by atoms with Crippen LogP contribution in [0.15, 0.2) is 24.3 Å². The van der Waals surface area contributed by atoms with Crippen LogP contribution >= 0.6 is 0 Å². The van der Waals surface area contributed by atoms with Crippen molar-refractivity contribution in [3.63, 3.8) is 0 Å². The zero-order valence-corrected chi connectivity index (χ0v) is 12.6. The summed E-state index contributed by atoms with van der Waals surface area (Å²) >= 11 is 0. The lowest BCUT2D eigenvalue weighted by Crippen LogP contribution is -3.22. The maximum absolute atomic E-state index is 13.1. The van der Waals surface area contributed by atoms with E-state index >= 15 is 0 Å². The Balaban J connectivity index is 1.79. The number of hydrogen-bond acceptors (Lipinski definition) is 3. The van der Waals surface area contributed by atoms with Gasteiger partial charge in [0.1, 0.15) is 17.9 Å². The second kappa shape index (κ2) is 4.20. The van der Waals surface area contributed by atoms with Crippen molar-refractivity contribution in [2.45, 2.75) is 30.8 Å². The monoisotopic (exact) mass is 312 g/mol. The van der Waals surface area contributed by atoms with E-state index in [-0.39, 0.29) is 29.7 Å². The van der Waals surface area contributed by atoms with E-state index in [1.165, 1.54) is 0 Å². The summed E-state index contributed by atoms with van der Waals surface area (Å²) in [6.45, 7) is 0.833. The minimum absolute atomic E-state index is 0.0529. The molecule has 0 saturated carbocycles. The maximum atomic E-state index is 13.1. The number of carbonyl (C=O) groups is 3. The van der Waals surface area contributed by atoms with E-state index in [1.54, 1.807) is 0 Å². The van der Waals surface area contributed by atoms with E-state index in [2.05, 4.69) is 10.6 Å². The molecule has 1 spiro atoms. The average Bonchev–Trinajstić information content (AvgIpc) is 3.13. The lowest BCUT2D eigenvalue weighted by Gasteiger charge is -2.38. The van der Waals surface area contributed by atoms with Crippen molar-refractivity contribution in [2.24, 2.45) is 11.8 Å². The van der Waals surface area contributed by atoms with Crippen LogP contribution in [0.5, 0.6) is 0 Å². The fraction of sp³-hybridized carbons (Fsp3) is 0.471. The molecular formula is C17H18N3O3+. The number of piperidine rings is 1. The van der Waals surface area contributed by atoms with Gasteiger partial charge < -0.3 is 10.2 Å². The maximum Gasteiger partial charge on any atom is 0.291 e. The molecule has 4 aliphatic heterocycles. The highest BCUT2D eigenvalue weighted by molar-refractivity contribution is 6.14. The SMILES string of the molecule is O=C1NC(=O)[C@@H]2[C@H]1[C@H]1CCCC[NH+]1[C@]21C(=O)Nc2ccccc21. The third-order valence-corrected chi connectivity index (χ3v) is 6.21. The van der Waals surface area contributed by atoms with E-state index in [9.17, 15) is 14.4 Å². The number of amides is 3. The first-order chi connectivity index (χ1) is 11.2. The van der Waals surface area contributed by atoms with Crippen molar-refractivity contribution in [3.05, 3.63) is 29.8 Å². The van der Waals surface area contributed by atoms with Gasteiger partial charge in [-0.2, -0.15) is 0 Å². The number of hydrogen-bond donors (Lipinski definition) is 3. The molecule has 3 fully saturated rings. The lowest BCUT2D eigenvalue weighted by atomic mass is 9.76. The van der Waals surface area contributed by atoms with Gasteiger partial charge in [-0.05, 0) is 18.9 Å². The van der Waals surface area contributed by atoms with E-state index in [0.717, 1.165) is 42.0 Å². The van der Waals surface area contributed by atoms with Gasteiger partial charge in [0.25, 0.3) is 5.91 Å². The van der Waals surface area contributed by atoms with Crippen LogP contribution in [-0.2, 0) is 19.9 Å². The minimum atomic E-state index is -0.942. The second-order valence-corrected chi connectivity index (χ2v) is 7.04. The topological polar surface area (TPSA) is 79.7 Å². The van der Waals surface area contributed by atoms with Gasteiger partial charge in [-0.3, -0.25) is 19.7 Å². The van der Waals surface area contributed by atoms with Crippen LogP contribution in [0, 0.1) is 11.8 Å². The van der Waals surface area contributed by atoms with Gasteiger partial charge in [0, 0.05) is 12.0 Å². The first-order valence-electron chi connectivity index (χ1n) is 8.27. The number of fused-ring (bicyclic) bond motifs is 7. The average molecular weight is 312 g/mol. The number of anilines is 1. The van der Waals surface area contributed by atoms with E-state index < -0.39 is 11.5 Å². The van der Waals surface area contributed by atoms with Gasteiger partial charge in [0.15, 0.2) is 0 Å². The van der Waals surface area contributed by atoms with Gasteiger partial charge >= 0.3 is 0 Å². The molecule has 3 saturated heterocycles. The van der Waals surface area contributed by atoms with Crippen molar-refractivity contribution in [2.75, 3.05) is 11.9 Å². The van der Waals surface area contributed by atoms with E-state index in [4.69, 9.17) is 0 Å². The van der Waals surface area contributed by atoms with E-state index in [1.807, 2.05) is 24.3 Å². The van der Waals surface area contributed by atoms with Gasteiger partial charge in [-0.1, -0.05) is 18.2 Å². The summed E-state index contributed by atoms with van der Waals surface area (Å²) in [5.41, 5.74) is 0.717. The van der Waals surface area contributed by atoms with Crippen LogP contribution in [0.4, 0.5) is 5.69 Å². The molecule has 4 heterocycles. The van der Waals surface area contributed by atoms with E-state index in [0.29, 0.717) is 0 Å². The quantitative estimate of drug-likeness (QED) is 0.547. The molecule has 23 heavy (non-hydrogen) atoms. The van der Waals surface area contributed by atoms with Crippen LogP contribution in [0.25, 0.3) is 0 Å². The number of imide groups is 1. The van der Waals surface area contributed by atoms with Crippen molar-refractivity contribution >= 4 is 23.4 Å². The second-order valence-electron chi connectivity index (χ2n) is 7.04. The molecule has 118 valence electrons. The fourth-order valence-corrected chi connectivity index (χ4v) is 5.51. The number of benzene rings is 1. The molecule has 5 rings (SSSR count). The molecule has 3 amide bonds. The molecule has 0 aromatic heterocycles. The van der Waals surface area contributed by atoms with Crippen molar-refractivity contribution in [1.29, 1.82) is 0 Å². The molecule has 6 heteroatoms. The van der Waals surface area contributed by atoms with Crippen LogP contribution < -0.4 is 15.5 Å². The summed E-state index contributed by atoms with van der Waals surface area (Å²) in [5, 5.41) is 5.44. The highest BCUT2D eigenvalue weighted by Crippen LogP contribution is 2.49. The lowest BCUT2D eigenvalue weighted by molar-refractivity contribution is -0.965. The fourth-order valence-electron chi connectivity index (χ4n) is 5.51. The zero-order chi connectivity index (χ0) is 15.8. The highest BCUT2D eigenvalue weighted by Gasteiger charge is 2.76. The number of rotatable bonds is 0. The number of nitrogens with one attached hydrogen (secondary N) is 3. The Labute approximate surface area is 133 Å². The van der Waals surface area contributed by atoms with Crippen LogP contribution in [0.1, 0.15) is 24.8 Å². The van der Waals surface area contributed by atoms with Gasteiger partial charge in [-0.25, -0.2) is 0 Å². The molecule has 0 radical (unpaired) electrons. The molecule has 1 aromatic rings. The van der Waals surface area contributed by atoms with Crippen molar-refractivity contribution < 1.29 is 19.3 Å². The molecular weight excluding hydrogens is 294 g/mol. The zero-order valence-electron chi connectivity index (χ0n) is 12.6. The number of quaternary nitrogens is 1. The first-order valence-corrected chi connectivity index (χ1v) is 8.27. The molecule has 4 aliphatic rings. The van der Waals surface area contributed by atoms with Crippen LogP contribution in [0.3, 0.4) is 0 Å². The predicted molar refractivity (Wildman–Crippen MR) is 80.3 cm³/mol. The Kier molecular flexibility index (Phi) is 2.42. The Morgan fingerprint density at radius 3 is 2.74 bits per heavy atom. The highest BCUT2D eigenvalue weighted by atomic mass is 16.2. The molecule has 6 nitrogen and oxygen atoms in total. The first kappa shape index (κ1) is 13.2. The third kappa shape index (κ3) is 1.36. The normalized spacial score (nSPS) is 40.6. The van der Waals surface area contributed by atoms with Crippen molar-refractivity contribution in [1.82, 2.24) is 5.32 Å². The summed E-state index contributed by atoms with van der Waals surface area (Å²) in [5.74, 6) is -1.57. The summed E-state index contributed by atoms with van der Waals surface area (Å²) in [4.78, 5) is 39.2. The molecule has 0 aliphatic carbocycles. The smallest absolute Gasteiger partial charge is 0.291 e. The summed E-state index contributed by atoms with van der Waals surface area (Å²) < 4.78 is 0. The molecule has 1 aromatic carbocycles. The Morgan fingerprint density at radius 1 is 1.04 bits per heavy atom.